The fourth-order valence-electron chi connectivity index (χ4n) is 2.41. The maximum Gasteiger partial charge on any atom is 0.279 e. The second-order valence-corrected chi connectivity index (χ2v) is 6.76. The molecule has 2 aromatic rings. The Morgan fingerprint density at radius 1 is 1.48 bits per heavy atom. The molecule has 0 aliphatic carbocycles. The Labute approximate surface area is 134 Å². The Morgan fingerprint density at radius 2 is 2.19 bits per heavy atom. The van der Waals surface area contributed by atoms with Gasteiger partial charge in [0.05, 0.1) is 10.9 Å². The first-order valence-electron chi connectivity index (χ1n) is 6.30. The average molecular weight is 339 g/mol. The monoisotopic (exact) mass is 338 g/mol. The standard InChI is InChI=1S/C14H11ClN2O2S2/c1-3-17-13(19)11(21-14(17)20)9-8-5-7(15)4-6(2)10(8)16-12(9)18/h4-5,19H,3H2,1-2H3. The number of amides is 1. The van der Waals surface area contributed by atoms with Crippen LogP contribution < -0.4 is 10.6 Å². The summed E-state index contributed by atoms with van der Waals surface area (Å²) in [5.74, 6) is -0.360. The minimum absolute atomic E-state index is 0.0107. The third kappa shape index (κ3) is 2.14. The van der Waals surface area contributed by atoms with Crippen molar-refractivity contribution in [1.29, 1.82) is 0 Å². The van der Waals surface area contributed by atoms with Gasteiger partial charge in [0.25, 0.3) is 5.91 Å². The van der Waals surface area contributed by atoms with Crippen LogP contribution >= 0.6 is 35.2 Å². The van der Waals surface area contributed by atoms with Gasteiger partial charge in [-0.15, -0.1) is 11.3 Å². The molecule has 2 heterocycles. The Hall–Kier alpha value is -1.50. The van der Waals surface area contributed by atoms with E-state index < -0.39 is 0 Å². The number of aryl methyl sites for hydroxylation is 1. The zero-order valence-electron chi connectivity index (χ0n) is 11.3. The van der Waals surface area contributed by atoms with Crippen molar-refractivity contribution in [3.8, 4) is 5.88 Å². The summed E-state index contributed by atoms with van der Waals surface area (Å²) in [5, 5.41) is 12.1. The third-order valence-electron chi connectivity index (χ3n) is 3.37. The van der Waals surface area contributed by atoms with E-state index in [1.54, 1.807) is 16.7 Å². The highest BCUT2D eigenvalue weighted by Gasteiger charge is 2.25. The first-order chi connectivity index (χ1) is 9.93. The molecule has 0 unspecified atom stereocenters. The SMILES string of the molecule is CCn1c(O)c(C2=c3cc(Cl)cc(C)c3=NC2=O)sc1=S. The summed E-state index contributed by atoms with van der Waals surface area (Å²) in [6, 6.07) is 3.46. The molecule has 0 atom stereocenters. The quantitative estimate of drug-likeness (QED) is 0.855. The number of nitrogens with zero attached hydrogens (tertiary/aromatic N) is 2. The van der Waals surface area contributed by atoms with Crippen LogP contribution in [-0.4, -0.2) is 15.6 Å². The van der Waals surface area contributed by atoms with Crippen molar-refractivity contribution < 1.29 is 9.90 Å². The number of aromatic nitrogens is 1. The lowest BCUT2D eigenvalue weighted by molar-refractivity contribution is -0.112. The molecule has 1 aromatic carbocycles. The van der Waals surface area contributed by atoms with Crippen molar-refractivity contribution >= 4 is 46.6 Å². The van der Waals surface area contributed by atoms with Gasteiger partial charge in [0.1, 0.15) is 4.88 Å². The predicted molar refractivity (Wildman–Crippen MR) is 85.0 cm³/mol. The van der Waals surface area contributed by atoms with Crippen LogP contribution in [0.4, 0.5) is 0 Å². The average Bonchev–Trinajstić information content (AvgIpc) is 2.87. The van der Waals surface area contributed by atoms with E-state index in [1.807, 2.05) is 13.8 Å². The predicted octanol–water partition coefficient (Wildman–Crippen LogP) is 2.33. The molecule has 108 valence electrons. The lowest BCUT2D eigenvalue weighted by Gasteiger charge is -2.01. The first kappa shape index (κ1) is 14.4. The zero-order valence-corrected chi connectivity index (χ0v) is 13.7. The molecule has 0 radical (unpaired) electrons. The number of halogens is 1. The Kier molecular flexibility index (Phi) is 3.47. The second kappa shape index (κ2) is 5.05. The van der Waals surface area contributed by atoms with Gasteiger partial charge < -0.3 is 5.11 Å². The summed E-state index contributed by atoms with van der Waals surface area (Å²) in [5.41, 5.74) is 1.20. The third-order valence-corrected chi connectivity index (χ3v) is 5.05. The molecule has 4 nitrogen and oxygen atoms in total. The van der Waals surface area contributed by atoms with Crippen LogP contribution in [0, 0.1) is 10.9 Å². The van der Waals surface area contributed by atoms with Crippen LogP contribution in [0.3, 0.4) is 0 Å². The summed E-state index contributed by atoms with van der Waals surface area (Å²) in [7, 11) is 0. The second-order valence-electron chi connectivity index (χ2n) is 4.68. The van der Waals surface area contributed by atoms with Crippen molar-refractivity contribution in [2.24, 2.45) is 4.99 Å². The van der Waals surface area contributed by atoms with Crippen molar-refractivity contribution in [3.05, 3.63) is 42.1 Å². The zero-order chi connectivity index (χ0) is 15.3. The molecule has 0 saturated heterocycles. The fourth-order valence-corrected chi connectivity index (χ4v) is 4.14. The van der Waals surface area contributed by atoms with Crippen LogP contribution in [0.15, 0.2) is 17.1 Å². The molecule has 1 aliphatic rings. The van der Waals surface area contributed by atoms with Gasteiger partial charge in [-0.2, -0.15) is 0 Å². The largest absolute Gasteiger partial charge is 0.493 e. The van der Waals surface area contributed by atoms with Gasteiger partial charge in [0, 0.05) is 16.8 Å². The molecule has 0 fully saturated rings. The van der Waals surface area contributed by atoms with Gasteiger partial charge >= 0.3 is 0 Å². The maximum absolute atomic E-state index is 12.3. The summed E-state index contributed by atoms with van der Waals surface area (Å²) in [6.07, 6.45) is 0. The molecule has 21 heavy (non-hydrogen) atoms. The van der Waals surface area contributed by atoms with Gasteiger partial charge in [0.2, 0.25) is 5.88 Å². The number of carbonyl (C=O) groups is 1. The molecule has 0 bridgehead atoms. The smallest absolute Gasteiger partial charge is 0.279 e. The molecule has 1 amide bonds. The van der Waals surface area contributed by atoms with E-state index in [1.165, 1.54) is 11.3 Å². The summed E-state index contributed by atoms with van der Waals surface area (Å²) >= 11 is 12.5. The molecule has 1 N–H and O–H groups in total. The van der Waals surface area contributed by atoms with E-state index in [0.29, 0.717) is 36.5 Å². The van der Waals surface area contributed by atoms with E-state index in [4.69, 9.17) is 23.8 Å². The van der Waals surface area contributed by atoms with Gasteiger partial charge in [0.15, 0.2) is 3.95 Å². The number of aromatic hydroxyl groups is 1. The first-order valence-corrected chi connectivity index (χ1v) is 7.90. The van der Waals surface area contributed by atoms with Crippen LogP contribution in [0.5, 0.6) is 5.88 Å². The van der Waals surface area contributed by atoms with E-state index in [-0.39, 0.29) is 11.8 Å². The Bertz CT molecular complexity index is 957. The maximum atomic E-state index is 12.3. The Balaban J connectivity index is 2.44. The number of thiazole rings is 1. The number of fused-ring (bicyclic) bond motifs is 1. The minimum atomic E-state index is -0.370. The molecule has 0 saturated carbocycles. The van der Waals surface area contributed by atoms with Crippen molar-refractivity contribution in [3.63, 3.8) is 0 Å². The normalized spacial score (nSPS) is 13.5. The number of hydrogen-bond acceptors (Lipinski definition) is 4. The lowest BCUT2D eigenvalue weighted by Crippen LogP contribution is -2.26. The van der Waals surface area contributed by atoms with Crippen molar-refractivity contribution in [1.82, 2.24) is 4.57 Å². The molecule has 1 aliphatic heterocycles. The van der Waals surface area contributed by atoms with Crippen LogP contribution in [0.2, 0.25) is 5.02 Å². The van der Waals surface area contributed by atoms with E-state index in [0.717, 1.165) is 5.56 Å². The van der Waals surface area contributed by atoms with Gasteiger partial charge in [-0.05, 0) is 43.8 Å². The van der Waals surface area contributed by atoms with Gasteiger partial charge in [-0.1, -0.05) is 11.6 Å². The summed E-state index contributed by atoms with van der Waals surface area (Å²) in [4.78, 5) is 16.8. The summed E-state index contributed by atoms with van der Waals surface area (Å²) < 4.78 is 2.11. The highest BCUT2D eigenvalue weighted by molar-refractivity contribution is 7.73. The number of benzene rings is 1. The fraction of sp³-hybridized carbons (Fsp3) is 0.214. The van der Waals surface area contributed by atoms with E-state index in [9.17, 15) is 9.90 Å². The molecular weight excluding hydrogens is 328 g/mol. The van der Waals surface area contributed by atoms with Crippen molar-refractivity contribution in [2.75, 3.05) is 0 Å². The number of hydrogen-bond donors (Lipinski definition) is 1. The number of carbonyl (C=O) groups excluding carboxylic acids is 1. The highest BCUT2D eigenvalue weighted by atomic mass is 35.5. The molecule has 3 rings (SSSR count). The van der Waals surface area contributed by atoms with Crippen LogP contribution in [0.1, 0.15) is 17.4 Å². The molecule has 0 spiro atoms. The van der Waals surface area contributed by atoms with Crippen LogP contribution in [0.25, 0.3) is 5.57 Å². The van der Waals surface area contributed by atoms with Gasteiger partial charge in [-0.25, -0.2) is 4.99 Å². The topological polar surface area (TPSA) is 54.6 Å². The lowest BCUT2D eigenvalue weighted by atomic mass is 10.1. The highest BCUT2D eigenvalue weighted by Crippen LogP contribution is 2.32. The van der Waals surface area contributed by atoms with Gasteiger partial charge in [-0.3, -0.25) is 9.36 Å². The summed E-state index contributed by atoms with van der Waals surface area (Å²) in [6.45, 7) is 4.27. The van der Waals surface area contributed by atoms with Crippen molar-refractivity contribution in [2.45, 2.75) is 20.4 Å². The van der Waals surface area contributed by atoms with E-state index >= 15 is 0 Å². The van der Waals surface area contributed by atoms with E-state index in [2.05, 4.69) is 4.99 Å². The molecule has 1 aromatic heterocycles. The number of rotatable bonds is 2. The molecule has 7 heteroatoms. The van der Waals surface area contributed by atoms with Crippen LogP contribution in [-0.2, 0) is 11.3 Å². The Morgan fingerprint density at radius 3 is 2.81 bits per heavy atom. The minimum Gasteiger partial charge on any atom is -0.493 e. The molecular formula is C14H11ClN2O2S2.